The van der Waals surface area contributed by atoms with Gasteiger partial charge in [0.25, 0.3) is 0 Å². The van der Waals surface area contributed by atoms with Crippen molar-refractivity contribution in [2.24, 2.45) is 0 Å². The third-order valence-electron chi connectivity index (χ3n) is 4.45. The van der Waals surface area contributed by atoms with Crippen LogP contribution in [0.4, 0.5) is 0 Å². The van der Waals surface area contributed by atoms with Crippen molar-refractivity contribution in [2.75, 3.05) is 0 Å². The van der Waals surface area contributed by atoms with Gasteiger partial charge in [-0.05, 0) is 0 Å². The number of hydrogen-bond donors (Lipinski definition) is 0. The SMILES string of the molecule is O=C([O][Bi]1[O]C(=O)c2cccc(n2)C(=O)[O]1)c1cccc(C(=O)[O][Bi]2[O]C(=O)c3cccc(n3)C(=O)[O]2)n1. The molecule has 0 saturated heterocycles. The fraction of sp³-hybridized carbons (Fsp3) is 0. The van der Waals surface area contributed by atoms with Crippen molar-refractivity contribution in [3.8, 4) is 0 Å². The van der Waals surface area contributed by atoms with Gasteiger partial charge in [0.15, 0.2) is 0 Å². The molecule has 5 heterocycles. The Kier molecular flexibility index (Phi) is 7.30. The summed E-state index contributed by atoms with van der Waals surface area (Å²) in [5.74, 6) is -6.04. The molecule has 5 rings (SSSR count). The van der Waals surface area contributed by atoms with E-state index in [9.17, 15) is 28.8 Å². The number of carbonyl (C=O) groups excluding carboxylic acids is 6. The zero-order valence-corrected chi connectivity index (χ0v) is 25.3. The number of fused-ring (bicyclic) bond motifs is 4. The first kappa shape index (κ1) is 25.7. The molecule has 0 saturated carbocycles. The Bertz CT molecular complexity index is 1360. The first-order valence-corrected chi connectivity index (χ1v) is 18.6. The van der Waals surface area contributed by atoms with Crippen molar-refractivity contribution in [3.63, 3.8) is 0 Å². The van der Waals surface area contributed by atoms with Gasteiger partial charge in [0.1, 0.15) is 0 Å². The van der Waals surface area contributed by atoms with E-state index in [1.54, 1.807) is 0 Å². The van der Waals surface area contributed by atoms with Crippen LogP contribution in [0.1, 0.15) is 62.9 Å². The van der Waals surface area contributed by atoms with Crippen LogP contribution in [-0.4, -0.2) is 96.9 Å². The van der Waals surface area contributed by atoms with Crippen molar-refractivity contribution in [3.05, 3.63) is 88.8 Å². The Balaban J connectivity index is 1.27. The van der Waals surface area contributed by atoms with Crippen molar-refractivity contribution >= 4 is 82.0 Å². The molecule has 0 spiro atoms. The Morgan fingerprint density at radius 2 is 0.842 bits per heavy atom. The third kappa shape index (κ3) is 5.63. The van der Waals surface area contributed by atoms with Crippen LogP contribution in [0.3, 0.4) is 0 Å². The number of carbonyl (C=O) groups is 6. The summed E-state index contributed by atoms with van der Waals surface area (Å²) in [6, 6.07) is 11.7. The van der Waals surface area contributed by atoms with E-state index in [1.165, 1.54) is 54.6 Å². The number of aromatic nitrogens is 3. The second-order valence-corrected chi connectivity index (χ2v) is 14.7. The quantitative estimate of drug-likeness (QED) is 0.322. The fourth-order valence-electron chi connectivity index (χ4n) is 2.78. The molecule has 15 nitrogen and oxygen atoms in total. The van der Waals surface area contributed by atoms with Crippen LogP contribution in [0.5, 0.6) is 0 Å². The van der Waals surface area contributed by atoms with Gasteiger partial charge < -0.3 is 0 Å². The van der Waals surface area contributed by atoms with E-state index in [0.29, 0.717) is 0 Å². The standard InChI is InChI=1S/3C7H5NO4.2Bi/c3*9-6(10)4-2-1-3-5(8-4)7(11)12;;/h3*1-3H,(H,9,10)(H,11,12);;/q;;;2*+3/p-6. The molecule has 0 amide bonds. The summed E-state index contributed by atoms with van der Waals surface area (Å²) >= 11 is -8.89. The minimum atomic E-state index is -4.45. The molecule has 3 aromatic heterocycles. The van der Waals surface area contributed by atoms with Gasteiger partial charge in [-0.25, -0.2) is 0 Å². The van der Waals surface area contributed by atoms with Crippen LogP contribution in [0, 0.1) is 0 Å². The van der Waals surface area contributed by atoms with E-state index >= 15 is 0 Å². The van der Waals surface area contributed by atoms with Gasteiger partial charge in [0, 0.05) is 0 Å². The van der Waals surface area contributed by atoms with Crippen LogP contribution in [-0.2, 0) is 16.9 Å². The van der Waals surface area contributed by atoms with Crippen LogP contribution < -0.4 is 0 Å². The van der Waals surface area contributed by atoms with Gasteiger partial charge in [0.05, 0.1) is 0 Å². The molecule has 0 atom stereocenters. The normalized spacial score (nSPS) is 15.4. The summed E-state index contributed by atoms with van der Waals surface area (Å²) in [4.78, 5) is 85.4. The maximum atomic E-state index is 12.6. The van der Waals surface area contributed by atoms with Gasteiger partial charge in [-0.3, -0.25) is 0 Å². The molecule has 4 bridgehead atoms. The summed E-state index contributed by atoms with van der Waals surface area (Å²) in [7, 11) is 0. The average molecular weight is 913 g/mol. The van der Waals surface area contributed by atoms with Crippen molar-refractivity contribution in [1.82, 2.24) is 15.0 Å². The van der Waals surface area contributed by atoms with Crippen LogP contribution in [0.2, 0.25) is 0 Å². The predicted octanol–water partition coefficient (Wildman–Crippen LogP) is 0.210. The van der Waals surface area contributed by atoms with Gasteiger partial charge in [0.2, 0.25) is 0 Å². The zero-order chi connectivity index (χ0) is 26.8. The van der Waals surface area contributed by atoms with Gasteiger partial charge in [-0.1, -0.05) is 0 Å². The number of nitrogens with zero attached hydrogens (tertiary/aromatic N) is 3. The van der Waals surface area contributed by atoms with E-state index in [1.807, 2.05) is 0 Å². The van der Waals surface area contributed by atoms with Crippen LogP contribution in [0.15, 0.2) is 54.6 Å². The third-order valence-corrected chi connectivity index (χ3v) is 11.8. The predicted molar refractivity (Wildman–Crippen MR) is 117 cm³/mol. The fourth-order valence-corrected chi connectivity index (χ4v) is 8.99. The number of rotatable bonds is 4. The summed E-state index contributed by atoms with van der Waals surface area (Å²) in [6.45, 7) is 0. The summed E-state index contributed by atoms with van der Waals surface area (Å²) in [6.07, 6.45) is 0. The molecule has 0 unspecified atom stereocenters. The molecule has 190 valence electrons. The van der Waals surface area contributed by atoms with E-state index < -0.39 is 93.3 Å². The van der Waals surface area contributed by atoms with E-state index in [0.717, 1.165) is 0 Å². The maximum absolute atomic E-state index is 12.6. The summed E-state index contributed by atoms with van der Waals surface area (Å²) < 4.78 is 30.4. The first-order chi connectivity index (χ1) is 18.3. The van der Waals surface area contributed by atoms with Gasteiger partial charge in [-0.15, -0.1) is 0 Å². The van der Waals surface area contributed by atoms with Gasteiger partial charge >= 0.3 is 231 Å². The van der Waals surface area contributed by atoms with Crippen LogP contribution in [0.25, 0.3) is 0 Å². The van der Waals surface area contributed by atoms with Crippen molar-refractivity contribution in [1.29, 1.82) is 0 Å². The molecule has 0 N–H and O–H groups in total. The second kappa shape index (κ2) is 10.8. The molecule has 2 aliphatic rings. The van der Waals surface area contributed by atoms with E-state index in [2.05, 4.69) is 15.0 Å². The molecular formula is C21H9Bi2N3O12. The number of hydrogen-bond acceptors (Lipinski definition) is 15. The molecule has 0 fully saturated rings. The first-order valence-electron chi connectivity index (χ1n) is 10.1. The Morgan fingerprint density at radius 3 is 1.18 bits per heavy atom. The van der Waals surface area contributed by atoms with Crippen LogP contribution >= 0.6 is 0 Å². The monoisotopic (exact) mass is 913 g/mol. The molecule has 38 heavy (non-hydrogen) atoms. The Morgan fingerprint density at radius 1 is 0.526 bits per heavy atom. The van der Waals surface area contributed by atoms with Crippen molar-refractivity contribution < 1.29 is 45.6 Å². The topological polar surface area (TPSA) is 196 Å². The molecule has 0 aliphatic carbocycles. The molecule has 0 radical (unpaired) electrons. The molecule has 17 heteroatoms. The number of pyridine rings is 3. The molecule has 0 aromatic carbocycles. The van der Waals surface area contributed by atoms with E-state index in [4.69, 9.17) is 16.9 Å². The molecule has 2 aliphatic heterocycles. The second-order valence-electron chi connectivity index (χ2n) is 6.94. The molecule has 3 aromatic rings. The Labute approximate surface area is 230 Å². The van der Waals surface area contributed by atoms with Gasteiger partial charge in [-0.2, -0.15) is 0 Å². The summed E-state index contributed by atoms with van der Waals surface area (Å²) in [5, 5.41) is 0. The summed E-state index contributed by atoms with van der Waals surface area (Å²) in [5.41, 5.74) is -1.49. The minimum absolute atomic E-state index is 0.164. The zero-order valence-electron chi connectivity index (χ0n) is 18.3. The van der Waals surface area contributed by atoms with E-state index in [-0.39, 0.29) is 22.8 Å². The Hall–Kier alpha value is -3.96. The molecular weight excluding hydrogens is 904 g/mol. The van der Waals surface area contributed by atoms with Crippen molar-refractivity contribution in [2.45, 2.75) is 0 Å². The average Bonchev–Trinajstić information content (AvgIpc) is 2.92.